The van der Waals surface area contributed by atoms with Crippen LogP contribution in [0.5, 0.6) is 0 Å². The van der Waals surface area contributed by atoms with Crippen LogP contribution in [0.3, 0.4) is 0 Å². The Morgan fingerprint density at radius 2 is 1.55 bits per heavy atom. The summed E-state index contributed by atoms with van der Waals surface area (Å²) >= 11 is 1.40. The van der Waals surface area contributed by atoms with Crippen LogP contribution in [0.15, 0.2) is 108 Å². The molecule has 1 N–H and O–H groups in total. The van der Waals surface area contributed by atoms with Crippen molar-refractivity contribution in [2.75, 3.05) is 5.75 Å². The normalized spacial score (nSPS) is 12.0. The number of nitrogens with one attached hydrogen (secondary N) is 1. The maximum absolute atomic E-state index is 13.5. The summed E-state index contributed by atoms with van der Waals surface area (Å²) in [4.78, 5) is 30.4. The number of hydrogen-bond acceptors (Lipinski definition) is 4. The minimum absolute atomic E-state index is 0.114. The highest BCUT2D eigenvalue weighted by Gasteiger charge is 2.28. The first-order valence-corrected chi connectivity index (χ1v) is 11.6. The molecule has 0 saturated heterocycles. The zero-order chi connectivity index (χ0) is 22.6. The maximum atomic E-state index is 13.5. The summed E-state index contributed by atoms with van der Waals surface area (Å²) in [6.45, 7) is 0. The van der Waals surface area contributed by atoms with Crippen molar-refractivity contribution in [1.29, 1.82) is 0 Å². The first-order chi connectivity index (χ1) is 16.2. The van der Waals surface area contributed by atoms with Gasteiger partial charge in [0.05, 0.1) is 5.75 Å². The van der Waals surface area contributed by atoms with Gasteiger partial charge in [-0.15, -0.1) is 11.8 Å². The van der Waals surface area contributed by atoms with Gasteiger partial charge in [0.2, 0.25) is 5.78 Å². The molecule has 162 valence electrons. The molecule has 0 aliphatic carbocycles. The molecular formula is C28H21NO3S. The number of ketones is 1. The second kappa shape index (κ2) is 9.35. The minimum Gasteiger partial charge on any atom is -0.448 e. The zero-order valence-corrected chi connectivity index (χ0v) is 18.5. The molecule has 0 aliphatic rings. The van der Waals surface area contributed by atoms with E-state index in [0.29, 0.717) is 11.1 Å². The topological polar surface area (TPSA) is 59.2 Å². The van der Waals surface area contributed by atoms with Gasteiger partial charge in [-0.3, -0.25) is 9.59 Å². The van der Waals surface area contributed by atoms with E-state index in [1.807, 2.05) is 72.8 Å². The van der Waals surface area contributed by atoms with Gasteiger partial charge < -0.3 is 9.72 Å². The van der Waals surface area contributed by atoms with Crippen molar-refractivity contribution in [3.63, 3.8) is 0 Å². The standard InChI is InChI=1S/C28H21NO3S/c30-26(18-33-22-15-14-19-8-4-5-11-21(19)16-22)32-28(20-9-2-1-3-10-20)27(31)24-17-29-25-13-7-6-12-23(24)25/h1-17,28-29H,18H2. The number of carbonyl (C=O) groups excluding carboxylic acids is 2. The summed E-state index contributed by atoms with van der Waals surface area (Å²) in [6, 6.07) is 30.9. The third-order valence-corrected chi connectivity index (χ3v) is 6.49. The molecule has 1 unspecified atom stereocenters. The van der Waals surface area contributed by atoms with Crippen LogP contribution in [-0.2, 0) is 9.53 Å². The average Bonchev–Trinajstić information content (AvgIpc) is 3.30. The van der Waals surface area contributed by atoms with Gasteiger partial charge in [0.15, 0.2) is 6.10 Å². The summed E-state index contributed by atoms with van der Waals surface area (Å²) in [5, 5.41) is 3.08. The van der Waals surface area contributed by atoms with Gasteiger partial charge in [-0.2, -0.15) is 0 Å². The van der Waals surface area contributed by atoms with E-state index in [0.717, 1.165) is 26.6 Å². The molecule has 1 atom stereocenters. The van der Waals surface area contributed by atoms with Crippen molar-refractivity contribution in [2.24, 2.45) is 0 Å². The highest BCUT2D eigenvalue weighted by molar-refractivity contribution is 8.00. The number of rotatable bonds is 7. The van der Waals surface area contributed by atoms with Gasteiger partial charge in [0.1, 0.15) is 0 Å². The van der Waals surface area contributed by atoms with Crippen LogP contribution < -0.4 is 0 Å². The third-order valence-electron chi connectivity index (χ3n) is 5.52. The Labute approximate surface area is 195 Å². The predicted molar refractivity (Wildman–Crippen MR) is 133 cm³/mol. The number of thioether (sulfide) groups is 1. The van der Waals surface area contributed by atoms with Crippen LogP contribution in [0, 0.1) is 0 Å². The van der Waals surface area contributed by atoms with Gasteiger partial charge in [-0.1, -0.05) is 78.9 Å². The van der Waals surface area contributed by atoms with E-state index in [9.17, 15) is 9.59 Å². The minimum atomic E-state index is -1.00. The lowest BCUT2D eigenvalue weighted by Crippen LogP contribution is -2.21. The van der Waals surface area contributed by atoms with Gasteiger partial charge in [-0.05, 0) is 29.0 Å². The molecular weight excluding hydrogens is 430 g/mol. The lowest BCUT2D eigenvalue weighted by Gasteiger charge is -2.17. The third kappa shape index (κ3) is 4.54. The molecule has 5 rings (SSSR count). The fourth-order valence-corrected chi connectivity index (χ4v) is 4.61. The fourth-order valence-electron chi connectivity index (χ4n) is 3.88. The number of hydrogen-bond donors (Lipinski definition) is 1. The number of aromatic amines is 1. The van der Waals surface area contributed by atoms with Crippen molar-refractivity contribution >= 4 is 45.2 Å². The summed E-state index contributed by atoms with van der Waals surface area (Å²) in [5.74, 6) is -0.569. The predicted octanol–water partition coefficient (Wildman–Crippen LogP) is 6.58. The molecule has 1 heterocycles. The first kappa shape index (κ1) is 21.0. The van der Waals surface area contributed by atoms with E-state index in [1.165, 1.54) is 11.8 Å². The van der Waals surface area contributed by atoms with E-state index < -0.39 is 12.1 Å². The van der Waals surface area contributed by atoms with Crippen molar-refractivity contribution in [1.82, 2.24) is 4.98 Å². The summed E-state index contributed by atoms with van der Waals surface area (Å²) in [6.07, 6.45) is 0.677. The van der Waals surface area contributed by atoms with Crippen LogP contribution in [-0.4, -0.2) is 22.5 Å². The Hall–Kier alpha value is -3.83. The van der Waals surface area contributed by atoms with Gasteiger partial charge in [0.25, 0.3) is 0 Å². The van der Waals surface area contributed by atoms with E-state index in [4.69, 9.17) is 4.74 Å². The quantitative estimate of drug-likeness (QED) is 0.172. The molecule has 0 aliphatic heterocycles. The molecule has 0 amide bonds. The van der Waals surface area contributed by atoms with Crippen molar-refractivity contribution in [3.8, 4) is 0 Å². The van der Waals surface area contributed by atoms with Gasteiger partial charge >= 0.3 is 5.97 Å². The number of aromatic nitrogens is 1. The van der Waals surface area contributed by atoms with Crippen LogP contribution in [0.2, 0.25) is 0 Å². The van der Waals surface area contributed by atoms with E-state index >= 15 is 0 Å². The number of para-hydroxylation sites is 1. The van der Waals surface area contributed by atoms with Gasteiger partial charge in [0, 0.05) is 33.1 Å². The Morgan fingerprint density at radius 3 is 2.39 bits per heavy atom. The highest BCUT2D eigenvalue weighted by atomic mass is 32.2. The number of carbonyl (C=O) groups is 2. The summed E-state index contributed by atoms with van der Waals surface area (Å²) in [7, 11) is 0. The van der Waals surface area contributed by atoms with E-state index in [1.54, 1.807) is 18.3 Å². The molecule has 5 aromatic rings. The van der Waals surface area contributed by atoms with Crippen LogP contribution >= 0.6 is 11.8 Å². The molecule has 4 nitrogen and oxygen atoms in total. The Balaban J connectivity index is 1.35. The molecule has 0 bridgehead atoms. The smallest absolute Gasteiger partial charge is 0.317 e. The molecule has 4 aromatic carbocycles. The summed E-state index contributed by atoms with van der Waals surface area (Å²) < 4.78 is 5.76. The highest BCUT2D eigenvalue weighted by Crippen LogP contribution is 2.29. The lowest BCUT2D eigenvalue weighted by atomic mass is 9.99. The first-order valence-electron chi connectivity index (χ1n) is 10.7. The van der Waals surface area contributed by atoms with E-state index in [-0.39, 0.29) is 11.5 Å². The molecule has 0 saturated carbocycles. The molecule has 1 aromatic heterocycles. The Morgan fingerprint density at radius 1 is 0.818 bits per heavy atom. The number of H-pyrrole nitrogens is 1. The molecule has 33 heavy (non-hydrogen) atoms. The Kier molecular flexibility index (Phi) is 5.96. The Bertz CT molecular complexity index is 1440. The molecule has 5 heteroatoms. The number of ether oxygens (including phenoxy) is 1. The van der Waals surface area contributed by atoms with Crippen molar-refractivity contribution < 1.29 is 14.3 Å². The second-order valence-electron chi connectivity index (χ2n) is 7.69. The zero-order valence-electron chi connectivity index (χ0n) is 17.7. The summed E-state index contributed by atoms with van der Waals surface area (Å²) in [5.41, 5.74) is 2.03. The van der Waals surface area contributed by atoms with Crippen LogP contribution in [0.25, 0.3) is 21.7 Å². The molecule has 0 fully saturated rings. The van der Waals surface area contributed by atoms with E-state index in [2.05, 4.69) is 17.1 Å². The van der Waals surface area contributed by atoms with Crippen molar-refractivity contribution in [2.45, 2.75) is 11.0 Å². The molecule has 0 spiro atoms. The number of benzene rings is 4. The SMILES string of the molecule is O=C(CSc1ccc2ccccc2c1)OC(C(=O)c1c[nH]c2ccccc12)c1ccccc1. The fraction of sp³-hybridized carbons (Fsp3) is 0.0714. The van der Waals surface area contributed by atoms with Crippen LogP contribution in [0.4, 0.5) is 0 Å². The number of fused-ring (bicyclic) bond motifs is 2. The van der Waals surface area contributed by atoms with Gasteiger partial charge in [-0.25, -0.2) is 0 Å². The largest absolute Gasteiger partial charge is 0.448 e. The molecule has 0 radical (unpaired) electrons. The monoisotopic (exact) mass is 451 g/mol. The number of esters is 1. The second-order valence-corrected chi connectivity index (χ2v) is 8.74. The van der Waals surface area contributed by atoms with Crippen LogP contribution in [0.1, 0.15) is 22.0 Å². The maximum Gasteiger partial charge on any atom is 0.317 e. The van der Waals surface area contributed by atoms with Crippen molar-refractivity contribution in [3.05, 3.63) is 114 Å². The number of Topliss-reactive ketones (excluding diaryl/α,β-unsaturated/α-hetero) is 1. The lowest BCUT2D eigenvalue weighted by molar-refractivity contribution is -0.144. The average molecular weight is 452 g/mol.